The fourth-order valence-electron chi connectivity index (χ4n) is 1.47. The Labute approximate surface area is 86.3 Å². The Morgan fingerprint density at radius 1 is 1.73 bits per heavy atom. The summed E-state index contributed by atoms with van der Waals surface area (Å²) in [5.74, 6) is 0.0105. The molecule has 2 rings (SSSR count). The van der Waals surface area contributed by atoms with Crippen molar-refractivity contribution in [3.05, 3.63) is 18.0 Å². The van der Waals surface area contributed by atoms with Crippen molar-refractivity contribution in [1.82, 2.24) is 9.97 Å². The molecular formula is C9H9N5O. The van der Waals surface area contributed by atoms with Crippen LogP contribution >= 0.6 is 0 Å². The van der Waals surface area contributed by atoms with E-state index in [1.54, 1.807) is 4.90 Å². The molecule has 15 heavy (non-hydrogen) atoms. The molecule has 2 N–H and O–H groups in total. The third-order valence-electron chi connectivity index (χ3n) is 2.36. The highest BCUT2D eigenvalue weighted by Crippen LogP contribution is 2.22. The number of primary amides is 1. The van der Waals surface area contributed by atoms with Crippen molar-refractivity contribution in [1.29, 1.82) is 5.26 Å². The largest absolute Gasteiger partial charge is 0.368 e. The SMILES string of the molecule is N#Cc1ccnc(N2CCC2C(N)=O)n1. The van der Waals surface area contributed by atoms with Gasteiger partial charge in [0.1, 0.15) is 17.8 Å². The van der Waals surface area contributed by atoms with E-state index in [4.69, 9.17) is 11.0 Å². The van der Waals surface area contributed by atoms with Crippen LogP contribution in [-0.2, 0) is 4.79 Å². The van der Waals surface area contributed by atoms with Crippen LogP contribution in [0.15, 0.2) is 12.3 Å². The lowest BCUT2D eigenvalue weighted by Crippen LogP contribution is -2.55. The third-order valence-corrected chi connectivity index (χ3v) is 2.36. The van der Waals surface area contributed by atoms with Crippen LogP contribution in [-0.4, -0.2) is 28.5 Å². The molecular weight excluding hydrogens is 194 g/mol. The molecule has 0 aliphatic carbocycles. The molecule has 0 spiro atoms. The minimum absolute atomic E-state index is 0.287. The molecule has 1 saturated heterocycles. The van der Waals surface area contributed by atoms with Crippen molar-refractivity contribution in [3.8, 4) is 6.07 Å². The first-order valence-electron chi connectivity index (χ1n) is 4.51. The number of aromatic nitrogens is 2. The maximum absolute atomic E-state index is 11.0. The molecule has 6 nitrogen and oxygen atoms in total. The van der Waals surface area contributed by atoms with Gasteiger partial charge < -0.3 is 10.6 Å². The molecule has 1 aromatic heterocycles. The zero-order chi connectivity index (χ0) is 10.8. The molecule has 2 heterocycles. The van der Waals surface area contributed by atoms with Gasteiger partial charge in [0.25, 0.3) is 0 Å². The van der Waals surface area contributed by atoms with Crippen LogP contribution in [0.4, 0.5) is 5.95 Å². The van der Waals surface area contributed by atoms with Gasteiger partial charge in [-0.1, -0.05) is 0 Å². The summed E-state index contributed by atoms with van der Waals surface area (Å²) in [5.41, 5.74) is 5.48. The quantitative estimate of drug-likeness (QED) is 0.693. The minimum atomic E-state index is -0.382. The Hall–Kier alpha value is -2.16. The Bertz CT molecular complexity index is 438. The van der Waals surface area contributed by atoms with Crippen LogP contribution in [0, 0.1) is 11.3 Å². The molecule has 76 valence electrons. The number of amides is 1. The number of nitriles is 1. The number of carbonyl (C=O) groups is 1. The van der Waals surface area contributed by atoms with Gasteiger partial charge in [-0.05, 0) is 12.5 Å². The standard InChI is InChI=1S/C9H9N5O/c10-5-6-1-3-12-9(13-6)14-4-2-7(14)8(11)15/h1,3,7H,2,4H2,(H2,11,15). The lowest BCUT2D eigenvalue weighted by molar-refractivity contribution is -0.120. The van der Waals surface area contributed by atoms with Gasteiger partial charge in [-0.15, -0.1) is 0 Å². The molecule has 1 aliphatic rings. The predicted molar refractivity (Wildman–Crippen MR) is 51.7 cm³/mol. The molecule has 1 atom stereocenters. The van der Waals surface area contributed by atoms with Crippen molar-refractivity contribution < 1.29 is 4.79 Å². The first kappa shape index (κ1) is 9.40. The van der Waals surface area contributed by atoms with E-state index in [2.05, 4.69) is 9.97 Å². The molecule has 0 aromatic carbocycles. The van der Waals surface area contributed by atoms with Crippen molar-refractivity contribution in [2.24, 2.45) is 5.73 Å². The second-order valence-electron chi connectivity index (χ2n) is 3.25. The smallest absolute Gasteiger partial charge is 0.240 e. The van der Waals surface area contributed by atoms with Crippen molar-refractivity contribution in [2.75, 3.05) is 11.4 Å². The van der Waals surface area contributed by atoms with Crippen molar-refractivity contribution >= 4 is 11.9 Å². The molecule has 0 saturated carbocycles. The summed E-state index contributed by atoms with van der Waals surface area (Å²) >= 11 is 0. The summed E-state index contributed by atoms with van der Waals surface area (Å²) in [5, 5.41) is 8.66. The van der Waals surface area contributed by atoms with E-state index in [0.717, 1.165) is 6.42 Å². The number of nitrogens with zero attached hydrogens (tertiary/aromatic N) is 4. The maximum Gasteiger partial charge on any atom is 0.240 e. The molecule has 6 heteroatoms. The highest BCUT2D eigenvalue weighted by atomic mass is 16.1. The van der Waals surface area contributed by atoms with E-state index in [9.17, 15) is 4.79 Å². The Morgan fingerprint density at radius 3 is 3.07 bits per heavy atom. The predicted octanol–water partition coefficient (Wildman–Crippen LogP) is -0.588. The second-order valence-corrected chi connectivity index (χ2v) is 3.25. The normalized spacial score (nSPS) is 19.1. The van der Waals surface area contributed by atoms with Gasteiger partial charge in [-0.25, -0.2) is 9.97 Å². The fourth-order valence-corrected chi connectivity index (χ4v) is 1.47. The van der Waals surface area contributed by atoms with E-state index >= 15 is 0 Å². The van der Waals surface area contributed by atoms with Crippen LogP contribution in [0.1, 0.15) is 12.1 Å². The summed E-state index contributed by atoms with van der Waals surface area (Å²) in [6, 6.07) is 3.10. The Kier molecular flexibility index (Phi) is 2.21. The Morgan fingerprint density at radius 2 is 2.53 bits per heavy atom. The molecule has 1 unspecified atom stereocenters. The van der Waals surface area contributed by atoms with E-state index in [0.29, 0.717) is 12.5 Å². The zero-order valence-corrected chi connectivity index (χ0v) is 7.92. The first-order chi connectivity index (χ1) is 7.22. The average Bonchev–Trinajstić information content (AvgIpc) is 2.15. The van der Waals surface area contributed by atoms with Gasteiger partial charge in [0.05, 0.1) is 0 Å². The van der Waals surface area contributed by atoms with Gasteiger partial charge in [0.15, 0.2) is 0 Å². The summed E-state index contributed by atoms with van der Waals surface area (Å²) in [7, 11) is 0. The second kappa shape index (κ2) is 3.53. The van der Waals surface area contributed by atoms with Crippen LogP contribution in [0.3, 0.4) is 0 Å². The van der Waals surface area contributed by atoms with E-state index in [1.165, 1.54) is 12.3 Å². The molecule has 0 radical (unpaired) electrons. The van der Waals surface area contributed by atoms with Gasteiger partial charge in [0.2, 0.25) is 11.9 Å². The van der Waals surface area contributed by atoms with Gasteiger partial charge >= 0.3 is 0 Å². The van der Waals surface area contributed by atoms with E-state index in [-0.39, 0.29) is 17.6 Å². The van der Waals surface area contributed by atoms with Gasteiger partial charge in [-0.2, -0.15) is 5.26 Å². The van der Waals surface area contributed by atoms with E-state index in [1.807, 2.05) is 6.07 Å². The highest BCUT2D eigenvalue weighted by Gasteiger charge is 2.34. The lowest BCUT2D eigenvalue weighted by Gasteiger charge is -2.38. The minimum Gasteiger partial charge on any atom is -0.368 e. The molecule has 0 bridgehead atoms. The van der Waals surface area contributed by atoms with Crippen molar-refractivity contribution in [2.45, 2.75) is 12.5 Å². The summed E-state index contributed by atoms with van der Waals surface area (Å²) < 4.78 is 0. The third kappa shape index (κ3) is 1.59. The van der Waals surface area contributed by atoms with Gasteiger partial charge in [0, 0.05) is 12.7 Å². The number of hydrogen-bond acceptors (Lipinski definition) is 5. The maximum atomic E-state index is 11.0. The number of hydrogen-bond donors (Lipinski definition) is 1. The van der Waals surface area contributed by atoms with Crippen LogP contribution in [0.25, 0.3) is 0 Å². The summed E-state index contributed by atoms with van der Waals surface area (Å²) in [6.07, 6.45) is 2.22. The molecule has 1 aromatic rings. The monoisotopic (exact) mass is 203 g/mol. The number of anilines is 1. The molecule has 1 amide bonds. The van der Waals surface area contributed by atoms with Crippen molar-refractivity contribution in [3.63, 3.8) is 0 Å². The summed E-state index contributed by atoms with van der Waals surface area (Å²) in [6.45, 7) is 0.697. The van der Waals surface area contributed by atoms with Gasteiger partial charge in [-0.3, -0.25) is 4.79 Å². The van der Waals surface area contributed by atoms with Crippen LogP contribution < -0.4 is 10.6 Å². The lowest BCUT2D eigenvalue weighted by atomic mass is 10.0. The number of rotatable bonds is 2. The highest BCUT2D eigenvalue weighted by molar-refractivity contribution is 5.84. The van der Waals surface area contributed by atoms with Crippen LogP contribution in [0.2, 0.25) is 0 Å². The Balaban J connectivity index is 2.23. The average molecular weight is 203 g/mol. The zero-order valence-electron chi connectivity index (χ0n) is 7.92. The first-order valence-corrected chi connectivity index (χ1v) is 4.51. The van der Waals surface area contributed by atoms with E-state index < -0.39 is 0 Å². The summed E-state index contributed by atoms with van der Waals surface area (Å²) in [4.78, 5) is 20.7. The number of carbonyl (C=O) groups excluding carboxylic acids is 1. The number of nitrogens with two attached hydrogens (primary N) is 1. The fraction of sp³-hybridized carbons (Fsp3) is 0.333. The molecule has 1 aliphatic heterocycles. The van der Waals surface area contributed by atoms with Crippen LogP contribution in [0.5, 0.6) is 0 Å². The topological polar surface area (TPSA) is 95.9 Å². The molecule has 1 fully saturated rings.